The van der Waals surface area contributed by atoms with Gasteiger partial charge < -0.3 is 9.64 Å². The van der Waals surface area contributed by atoms with Crippen molar-refractivity contribution in [3.63, 3.8) is 0 Å². The number of hydrogen-bond donors (Lipinski definition) is 0. The molecular weight excluding hydrogens is 355 g/mol. The number of unbranched alkanes of at least 4 members (excludes halogenated alkanes) is 2. The van der Waals surface area contributed by atoms with Gasteiger partial charge in [0.2, 0.25) is 5.91 Å². The molecule has 2 aromatic carbocycles. The van der Waals surface area contributed by atoms with E-state index in [2.05, 4.69) is 6.92 Å². The summed E-state index contributed by atoms with van der Waals surface area (Å²) in [5.74, 6) is 0.152. The maximum absolute atomic E-state index is 13.5. The maximum atomic E-state index is 13.5. The van der Waals surface area contributed by atoms with E-state index in [1.165, 1.54) is 6.07 Å². The van der Waals surface area contributed by atoms with Crippen molar-refractivity contribution in [1.29, 1.82) is 0 Å². The van der Waals surface area contributed by atoms with Gasteiger partial charge in [0.1, 0.15) is 17.8 Å². The first-order valence-electron chi connectivity index (χ1n) is 9.15. The van der Waals surface area contributed by atoms with Gasteiger partial charge in [-0.15, -0.1) is 0 Å². The molecule has 1 amide bonds. The van der Waals surface area contributed by atoms with Crippen molar-refractivity contribution in [3.05, 3.63) is 59.2 Å². The van der Waals surface area contributed by atoms with Crippen LogP contribution in [-0.4, -0.2) is 19.1 Å². The van der Waals surface area contributed by atoms with Gasteiger partial charge >= 0.3 is 6.18 Å². The van der Waals surface area contributed by atoms with Crippen molar-refractivity contribution < 1.29 is 22.7 Å². The number of hydrogen-bond acceptors (Lipinski definition) is 2. The second-order valence-corrected chi connectivity index (χ2v) is 7.08. The summed E-state index contributed by atoms with van der Waals surface area (Å²) in [7, 11) is 0. The maximum Gasteiger partial charge on any atom is 0.416 e. The Balaban J connectivity index is 1.84. The highest BCUT2D eigenvalue weighted by molar-refractivity contribution is 6.11. The number of para-hydroxylation sites is 1. The fourth-order valence-corrected chi connectivity index (χ4v) is 4.10. The van der Waals surface area contributed by atoms with E-state index in [9.17, 15) is 18.0 Å². The molecule has 0 N–H and O–H groups in total. The van der Waals surface area contributed by atoms with E-state index >= 15 is 0 Å². The van der Waals surface area contributed by atoms with E-state index in [0.29, 0.717) is 17.9 Å². The molecule has 27 heavy (non-hydrogen) atoms. The quantitative estimate of drug-likeness (QED) is 0.710. The molecular formula is C21H20F3NO2. The van der Waals surface area contributed by atoms with Crippen molar-refractivity contribution >= 4 is 11.6 Å². The van der Waals surface area contributed by atoms with Crippen LogP contribution in [0.4, 0.5) is 18.9 Å². The Labute approximate surface area is 155 Å². The molecule has 142 valence electrons. The van der Waals surface area contributed by atoms with Crippen LogP contribution in [0.5, 0.6) is 5.75 Å². The zero-order valence-corrected chi connectivity index (χ0v) is 15.0. The topological polar surface area (TPSA) is 29.5 Å². The molecule has 0 aliphatic carbocycles. The molecule has 1 spiro atoms. The van der Waals surface area contributed by atoms with Crippen LogP contribution < -0.4 is 9.64 Å². The molecule has 2 aliphatic rings. The average molecular weight is 375 g/mol. The smallest absolute Gasteiger partial charge is 0.416 e. The number of amides is 1. The molecule has 1 atom stereocenters. The molecule has 2 aromatic rings. The second-order valence-electron chi connectivity index (χ2n) is 7.08. The zero-order valence-electron chi connectivity index (χ0n) is 15.0. The van der Waals surface area contributed by atoms with Gasteiger partial charge in [-0.25, -0.2) is 0 Å². The molecule has 0 saturated carbocycles. The van der Waals surface area contributed by atoms with Crippen LogP contribution >= 0.6 is 0 Å². The second kappa shape index (κ2) is 6.29. The van der Waals surface area contributed by atoms with Crippen molar-refractivity contribution in [2.45, 2.75) is 37.8 Å². The molecule has 2 aliphatic heterocycles. The molecule has 4 rings (SSSR count). The number of carbonyl (C=O) groups excluding carboxylic acids is 1. The molecule has 0 saturated heterocycles. The lowest BCUT2D eigenvalue weighted by molar-refractivity contribution is -0.137. The number of fused-ring (bicyclic) bond motifs is 4. The van der Waals surface area contributed by atoms with Gasteiger partial charge in [0.25, 0.3) is 0 Å². The normalized spacial score (nSPS) is 20.7. The third-order valence-electron chi connectivity index (χ3n) is 5.46. The van der Waals surface area contributed by atoms with Crippen LogP contribution in [0.2, 0.25) is 0 Å². The number of rotatable bonds is 4. The number of benzene rings is 2. The summed E-state index contributed by atoms with van der Waals surface area (Å²) in [5.41, 5.74) is -0.148. The minimum atomic E-state index is -4.47. The number of anilines is 1. The highest BCUT2D eigenvalue weighted by atomic mass is 19.4. The van der Waals surface area contributed by atoms with Gasteiger partial charge in [0, 0.05) is 17.8 Å². The number of ether oxygens (including phenoxy) is 1. The van der Waals surface area contributed by atoms with Gasteiger partial charge in [-0.1, -0.05) is 38.0 Å². The van der Waals surface area contributed by atoms with Crippen LogP contribution in [0.25, 0.3) is 0 Å². The monoisotopic (exact) mass is 375 g/mol. The average Bonchev–Trinajstić information content (AvgIpc) is 3.14. The van der Waals surface area contributed by atoms with E-state index in [1.54, 1.807) is 4.90 Å². The van der Waals surface area contributed by atoms with Crippen molar-refractivity contribution in [1.82, 2.24) is 0 Å². The first kappa shape index (κ1) is 17.9. The summed E-state index contributed by atoms with van der Waals surface area (Å²) in [6, 6.07) is 10.7. The van der Waals surface area contributed by atoms with E-state index in [4.69, 9.17) is 4.74 Å². The SMILES string of the molecule is CCCCCN1C(=O)C2(COc3ccc(C(F)(F)F)cc32)c2ccccc21. The Hall–Kier alpha value is -2.50. The molecule has 3 nitrogen and oxygen atoms in total. The Morgan fingerprint density at radius 1 is 1.11 bits per heavy atom. The number of alkyl halides is 3. The fourth-order valence-electron chi connectivity index (χ4n) is 4.10. The third-order valence-corrected chi connectivity index (χ3v) is 5.46. The molecule has 0 bridgehead atoms. The molecule has 0 aromatic heterocycles. The van der Waals surface area contributed by atoms with Crippen molar-refractivity contribution in [2.75, 3.05) is 18.1 Å². The van der Waals surface area contributed by atoms with Gasteiger partial charge in [-0.3, -0.25) is 4.79 Å². The first-order valence-corrected chi connectivity index (χ1v) is 9.15. The third kappa shape index (κ3) is 2.61. The molecule has 2 heterocycles. The number of carbonyl (C=O) groups is 1. The van der Waals surface area contributed by atoms with Crippen LogP contribution in [-0.2, 0) is 16.4 Å². The predicted octanol–water partition coefficient (Wildman–Crippen LogP) is 4.92. The molecule has 1 unspecified atom stereocenters. The Kier molecular flexibility index (Phi) is 4.17. The summed E-state index contributed by atoms with van der Waals surface area (Å²) in [6.45, 7) is 2.67. The van der Waals surface area contributed by atoms with E-state index in [1.807, 2.05) is 24.3 Å². The van der Waals surface area contributed by atoms with E-state index in [-0.39, 0.29) is 12.5 Å². The summed E-state index contributed by atoms with van der Waals surface area (Å²) < 4.78 is 45.5. The standard InChI is InChI=1S/C21H20F3NO2/c1-2-3-6-11-25-17-8-5-4-7-15(17)20(19(25)26)13-27-18-10-9-14(12-16(18)20)21(22,23)24/h4-5,7-10,12H,2-3,6,11,13H2,1H3. The van der Waals surface area contributed by atoms with Crippen LogP contribution in [0.3, 0.4) is 0 Å². The van der Waals surface area contributed by atoms with Gasteiger partial charge in [-0.05, 0) is 36.2 Å². The summed E-state index contributed by atoms with van der Waals surface area (Å²) in [6.07, 6.45) is -1.61. The van der Waals surface area contributed by atoms with Gasteiger partial charge in [0.05, 0.1) is 5.56 Å². The lowest BCUT2D eigenvalue weighted by atomic mass is 9.76. The van der Waals surface area contributed by atoms with Crippen LogP contribution in [0.1, 0.15) is 42.9 Å². The lowest BCUT2D eigenvalue weighted by Gasteiger charge is -2.23. The molecule has 0 radical (unpaired) electrons. The number of nitrogens with zero attached hydrogens (tertiary/aromatic N) is 1. The van der Waals surface area contributed by atoms with E-state index in [0.717, 1.165) is 42.6 Å². The largest absolute Gasteiger partial charge is 0.491 e. The van der Waals surface area contributed by atoms with Crippen molar-refractivity contribution in [3.8, 4) is 5.75 Å². The molecule has 6 heteroatoms. The minimum absolute atomic E-state index is 0.0315. The molecule has 0 fully saturated rings. The van der Waals surface area contributed by atoms with Crippen molar-refractivity contribution in [2.24, 2.45) is 0 Å². The Morgan fingerprint density at radius 2 is 1.89 bits per heavy atom. The van der Waals surface area contributed by atoms with E-state index < -0.39 is 17.2 Å². The fraction of sp³-hybridized carbons (Fsp3) is 0.381. The first-order chi connectivity index (χ1) is 12.9. The number of halogens is 3. The highest BCUT2D eigenvalue weighted by Crippen LogP contribution is 2.53. The van der Waals surface area contributed by atoms with Crippen LogP contribution in [0, 0.1) is 0 Å². The Morgan fingerprint density at radius 3 is 2.63 bits per heavy atom. The minimum Gasteiger partial charge on any atom is -0.491 e. The predicted molar refractivity (Wildman–Crippen MR) is 96.0 cm³/mol. The van der Waals surface area contributed by atoms with Gasteiger partial charge in [-0.2, -0.15) is 13.2 Å². The summed E-state index contributed by atoms with van der Waals surface area (Å²) in [4.78, 5) is 15.2. The highest BCUT2D eigenvalue weighted by Gasteiger charge is 2.57. The summed E-state index contributed by atoms with van der Waals surface area (Å²) >= 11 is 0. The lowest BCUT2D eigenvalue weighted by Crippen LogP contribution is -2.43. The summed E-state index contributed by atoms with van der Waals surface area (Å²) in [5, 5.41) is 0. The zero-order chi connectivity index (χ0) is 19.2. The van der Waals surface area contributed by atoms with Crippen LogP contribution in [0.15, 0.2) is 42.5 Å². The Bertz CT molecular complexity index is 893. The van der Waals surface area contributed by atoms with Gasteiger partial charge in [0.15, 0.2) is 0 Å².